The molecule has 0 amide bonds. The zero-order valence-electron chi connectivity index (χ0n) is 10.6. The summed E-state index contributed by atoms with van der Waals surface area (Å²) in [7, 11) is 0. The van der Waals surface area contributed by atoms with Crippen molar-refractivity contribution < 1.29 is 15.0 Å². The maximum atomic E-state index is 11.3. The van der Waals surface area contributed by atoms with Gasteiger partial charge in [-0.3, -0.25) is 0 Å². The molecule has 0 aliphatic carbocycles. The third-order valence-corrected chi connectivity index (χ3v) is 3.43. The summed E-state index contributed by atoms with van der Waals surface area (Å²) < 4.78 is 1.99. The highest BCUT2D eigenvalue weighted by Crippen LogP contribution is 2.28. The third-order valence-electron chi connectivity index (χ3n) is 3.43. The van der Waals surface area contributed by atoms with Gasteiger partial charge in [0.25, 0.3) is 0 Å². The normalized spacial score (nSPS) is 11.1. The van der Waals surface area contributed by atoms with Crippen molar-refractivity contribution in [3.63, 3.8) is 0 Å². The number of aliphatic hydroxyl groups excluding tert-OH is 1. The summed E-state index contributed by atoms with van der Waals surface area (Å²) in [6, 6.07) is 5.34. The van der Waals surface area contributed by atoms with Gasteiger partial charge in [0.15, 0.2) is 0 Å². The van der Waals surface area contributed by atoms with Crippen LogP contribution in [0, 0.1) is 13.8 Å². The zero-order valence-corrected chi connectivity index (χ0v) is 10.6. The molecule has 0 bridgehead atoms. The first kappa shape index (κ1) is 12.6. The first-order valence-electron chi connectivity index (χ1n) is 6.00. The van der Waals surface area contributed by atoms with E-state index in [2.05, 4.69) is 0 Å². The molecular weight excluding hydrogens is 230 g/mol. The number of fused-ring (bicyclic) bond motifs is 1. The van der Waals surface area contributed by atoms with Crippen LogP contribution in [0.5, 0.6) is 0 Å². The van der Waals surface area contributed by atoms with Crippen molar-refractivity contribution >= 4 is 16.9 Å². The molecule has 0 unspecified atom stereocenters. The molecular formula is C14H17NO3. The van der Waals surface area contributed by atoms with Gasteiger partial charge in [-0.25, -0.2) is 4.79 Å². The van der Waals surface area contributed by atoms with Gasteiger partial charge in [-0.15, -0.1) is 0 Å². The minimum absolute atomic E-state index is 0.105. The maximum Gasteiger partial charge on any atom is 0.337 e. The number of rotatable bonds is 4. The second-order valence-electron chi connectivity index (χ2n) is 4.45. The lowest BCUT2D eigenvalue weighted by Crippen LogP contribution is -2.06. The predicted molar refractivity (Wildman–Crippen MR) is 70.1 cm³/mol. The van der Waals surface area contributed by atoms with Gasteiger partial charge in [-0.2, -0.15) is 0 Å². The van der Waals surface area contributed by atoms with E-state index in [0.717, 1.165) is 22.2 Å². The Morgan fingerprint density at radius 3 is 2.67 bits per heavy atom. The van der Waals surface area contributed by atoms with Crippen molar-refractivity contribution in [1.29, 1.82) is 0 Å². The van der Waals surface area contributed by atoms with Crippen LogP contribution in [0.25, 0.3) is 10.9 Å². The lowest BCUT2D eigenvalue weighted by Gasteiger charge is -2.09. The molecule has 2 N–H and O–H groups in total. The Balaban J connectivity index is 2.74. The Kier molecular flexibility index (Phi) is 3.39. The Bertz CT molecular complexity index is 599. The molecule has 2 rings (SSSR count). The van der Waals surface area contributed by atoms with Gasteiger partial charge in [0, 0.05) is 24.2 Å². The number of aromatic carboxylic acids is 1. The van der Waals surface area contributed by atoms with Crippen molar-refractivity contribution in [2.24, 2.45) is 0 Å². The van der Waals surface area contributed by atoms with Crippen LogP contribution in [0.3, 0.4) is 0 Å². The van der Waals surface area contributed by atoms with E-state index in [-0.39, 0.29) is 6.61 Å². The number of hydrogen-bond donors (Lipinski definition) is 2. The van der Waals surface area contributed by atoms with Crippen molar-refractivity contribution in [2.75, 3.05) is 6.61 Å². The smallest absolute Gasteiger partial charge is 0.337 e. The SMILES string of the molecule is Cc1c(C)n(CCCO)c2c(C(=O)O)cccc12. The molecule has 1 heterocycles. The second kappa shape index (κ2) is 4.82. The molecule has 0 saturated carbocycles. The van der Waals surface area contributed by atoms with Gasteiger partial charge < -0.3 is 14.8 Å². The van der Waals surface area contributed by atoms with Crippen LogP contribution in [0.1, 0.15) is 28.0 Å². The Morgan fingerprint density at radius 2 is 2.06 bits per heavy atom. The molecule has 0 atom stereocenters. The van der Waals surface area contributed by atoms with E-state index in [0.29, 0.717) is 18.5 Å². The Hall–Kier alpha value is -1.81. The Morgan fingerprint density at radius 1 is 1.33 bits per heavy atom. The zero-order chi connectivity index (χ0) is 13.3. The van der Waals surface area contributed by atoms with Gasteiger partial charge in [-0.05, 0) is 31.9 Å². The average Bonchev–Trinajstić information content (AvgIpc) is 2.60. The van der Waals surface area contributed by atoms with Gasteiger partial charge in [0.05, 0.1) is 11.1 Å². The Labute approximate surface area is 105 Å². The number of nitrogens with zero attached hydrogens (tertiary/aromatic N) is 1. The maximum absolute atomic E-state index is 11.3. The molecule has 4 nitrogen and oxygen atoms in total. The highest BCUT2D eigenvalue weighted by Gasteiger charge is 2.17. The minimum atomic E-state index is -0.914. The van der Waals surface area contributed by atoms with E-state index in [4.69, 9.17) is 5.11 Å². The van der Waals surface area contributed by atoms with E-state index >= 15 is 0 Å². The van der Waals surface area contributed by atoms with E-state index in [1.807, 2.05) is 24.5 Å². The molecule has 0 fully saturated rings. The highest BCUT2D eigenvalue weighted by atomic mass is 16.4. The number of carboxylic acids is 1. The number of aryl methyl sites for hydroxylation is 2. The third kappa shape index (κ3) is 1.88. The summed E-state index contributed by atoms with van der Waals surface area (Å²) in [5, 5.41) is 19.2. The first-order valence-corrected chi connectivity index (χ1v) is 6.00. The number of benzene rings is 1. The molecule has 4 heteroatoms. The summed E-state index contributed by atoms with van der Waals surface area (Å²) >= 11 is 0. The molecule has 0 spiro atoms. The van der Waals surface area contributed by atoms with Crippen molar-refractivity contribution in [3.05, 3.63) is 35.0 Å². The number of para-hydroxylation sites is 1. The average molecular weight is 247 g/mol. The molecule has 2 aromatic rings. The summed E-state index contributed by atoms with van der Waals surface area (Å²) in [6.07, 6.45) is 0.623. The van der Waals surface area contributed by atoms with Crippen molar-refractivity contribution in [2.45, 2.75) is 26.8 Å². The molecule has 96 valence electrons. The number of aliphatic hydroxyl groups is 1. The molecule has 0 saturated heterocycles. The van der Waals surface area contributed by atoms with Crippen molar-refractivity contribution in [3.8, 4) is 0 Å². The molecule has 1 aromatic heterocycles. The largest absolute Gasteiger partial charge is 0.478 e. The number of carbonyl (C=O) groups is 1. The monoisotopic (exact) mass is 247 g/mol. The summed E-state index contributed by atoms with van der Waals surface area (Å²) in [6.45, 7) is 4.72. The van der Waals surface area contributed by atoms with Gasteiger partial charge in [-0.1, -0.05) is 12.1 Å². The van der Waals surface area contributed by atoms with Crippen LogP contribution >= 0.6 is 0 Å². The van der Waals surface area contributed by atoms with Crippen LogP contribution in [0.4, 0.5) is 0 Å². The van der Waals surface area contributed by atoms with Crippen LogP contribution in [-0.2, 0) is 6.54 Å². The van der Waals surface area contributed by atoms with Gasteiger partial charge >= 0.3 is 5.97 Å². The van der Waals surface area contributed by atoms with Crippen molar-refractivity contribution in [1.82, 2.24) is 4.57 Å². The van der Waals surface area contributed by atoms with Gasteiger partial charge in [0.1, 0.15) is 0 Å². The molecule has 0 radical (unpaired) electrons. The topological polar surface area (TPSA) is 62.5 Å². The standard InChI is InChI=1S/C14H17NO3/c1-9-10(2)15(7-4-8-16)13-11(9)5-3-6-12(13)14(17)18/h3,5-6,16H,4,7-8H2,1-2H3,(H,17,18). The predicted octanol–water partition coefficient (Wildman–Crippen LogP) is 2.34. The number of aromatic nitrogens is 1. The lowest BCUT2D eigenvalue weighted by molar-refractivity contribution is 0.0698. The molecule has 18 heavy (non-hydrogen) atoms. The molecule has 0 aliphatic rings. The van der Waals surface area contributed by atoms with Crippen LogP contribution in [0.2, 0.25) is 0 Å². The number of hydrogen-bond acceptors (Lipinski definition) is 2. The van der Waals surface area contributed by atoms with Crippen LogP contribution in [0.15, 0.2) is 18.2 Å². The van der Waals surface area contributed by atoms with Crippen LogP contribution in [-0.4, -0.2) is 27.4 Å². The fourth-order valence-corrected chi connectivity index (χ4v) is 2.38. The van der Waals surface area contributed by atoms with Gasteiger partial charge in [0.2, 0.25) is 0 Å². The molecule has 0 aliphatic heterocycles. The highest BCUT2D eigenvalue weighted by molar-refractivity contribution is 6.03. The summed E-state index contributed by atoms with van der Waals surface area (Å²) in [5.74, 6) is -0.914. The molecule has 1 aromatic carbocycles. The van der Waals surface area contributed by atoms with E-state index in [1.165, 1.54) is 0 Å². The van der Waals surface area contributed by atoms with E-state index in [1.54, 1.807) is 12.1 Å². The lowest BCUT2D eigenvalue weighted by atomic mass is 10.1. The fraction of sp³-hybridized carbons (Fsp3) is 0.357. The second-order valence-corrected chi connectivity index (χ2v) is 4.45. The quantitative estimate of drug-likeness (QED) is 0.871. The summed E-state index contributed by atoms with van der Waals surface area (Å²) in [4.78, 5) is 11.3. The van der Waals surface area contributed by atoms with Crippen LogP contribution < -0.4 is 0 Å². The number of carboxylic acid groups (broad SMARTS) is 1. The van der Waals surface area contributed by atoms with E-state index < -0.39 is 5.97 Å². The summed E-state index contributed by atoms with van der Waals surface area (Å²) in [5.41, 5.74) is 3.24. The first-order chi connectivity index (χ1) is 8.57. The van der Waals surface area contributed by atoms with E-state index in [9.17, 15) is 9.90 Å². The minimum Gasteiger partial charge on any atom is -0.478 e. The fourth-order valence-electron chi connectivity index (χ4n) is 2.38.